The summed E-state index contributed by atoms with van der Waals surface area (Å²) < 4.78 is -1.15. The van der Waals surface area contributed by atoms with E-state index in [0.29, 0.717) is 17.7 Å². The Morgan fingerprint density at radius 2 is 1.13 bits per heavy atom. The van der Waals surface area contributed by atoms with Crippen molar-refractivity contribution in [3.05, 3.63) is 136 Å². The fraction of sp³-hybridized carbons (Fsp3) is 0.484. The summed E-state index contributed by atoms with van der Waals surface area (Å²) >= 11 is 0.999. The van der Waals surface area contributed by atoms with E-state index in [-0.39, 0.29) is 72.6 Å². The minimum atomic E-state index is -1.26. The molecule has 4 aromatic rings. The standard InChI is InChI=1S/C64H82N10O10S/c1-36(65-8)55(77)71-53(63(3,4)5)61(83)74-34-45(32-51(74)60(82)70-49-23-15-19-39-17-11-13-21-47(39)49)68-58(80)41-26-24-40(25-27-41)57(79)67-44-29-28-42-31-50(59(81)69-48-22-14-18-38-16-10-12-20-46(38)48)73(33-43(42)30-44)62(84)54(72-56(78)37(2)66-9)64(6,7)85-35-52(75)76/h10-13,16-17,20-21,24-30,36-37,45,48-51,53-54,65-66H,14-15,18-19,22-23,31-35H2,1-9H3,(H,67,79)(H,68,80)(H,69,81)(H,70,82)(H,71,77)(H,72,78)(H,75,76). The largest absolute Gasteiger partial charge is 0.481 e. The predicted molar refractivity (Wildman–Crippen MR) is 325 cm³/mol. The number of rotatable bonds is 20. The van der Waals surface area contributed by atoms with Gasteiger partial charge in [-0.1, -0.05) is 75.4 Å². The van der Waals surface area contributed by atoms with Crippen molar-refractivity contribution in [2.24, 2.45) is 5.41 Å². The predicted octanol–water partition coefficient (Wildman–Crippen LogP) is 5.11. The molecule has 0 spiro atoms. The Kier molecular flexibility index (Phi) is 20.3. The van der Waals surface area contributed by atoms with Gasteiger partial charge in [-0.2, -0.15) is 0 Å². The number of nitrogens with zero attached hydrogens (tertiary/aromatic N) is 2. The fourth-order valence-corrected chi connectivity index (χ4v) is 12.6. The SMILES string of the molecule is CNC(C)C(=O)NC(C(=O)N1CC(NC(=O)c2ccc(C(=O)Nc3ccc4c(c3)CN(C(=O)C(NC(=O)C(C)NC)C(C)(C)SCC(=O)O)C(C(=O)NC3CCCc5ccccc53)C4)cc2)CC1C(=O)NC1CCCc2ccccc21)C(C)(C)C. The fourth-order valence-electron chi connectivity index (χ4n) is 11.8. The number of nitrogens with one attached hydrogen (secondary N) is 8. The van der Waals surface area contributed by atoms with Gasteiger partial charge in [0, 0.05) is 47.1 Å². The average Bonchev–Trinajstić information content (AvgIpc) is 1.99. The lowest BCUT2D eigenvalue weighted by Gasteiger charge is -2.42. The molecular weight excluding hydrogens is 1100 g/mol. The van der Waals surface area contributed by atoms with E-state index < -0.39 is 88.0 Å². The Labute approximate surface area is 501 Å². The zero-order valence-electron chi connectivity index (χ0n) is 50.1. The third-order valence-electron chi connectivity index (χ3n) is 17.0. The molecule has 0 saturated carbocycles. The van der Waals surface area contributed by atoms with Crippen LogP contribution >= 0.6 is 11.8 Å². The number of hydrogen-bond acceptors (Lipinski definition) is 12. The van der Waals surface area contributed by atoms with Crippen LogP contribution in [-0.2, 0) is 59.4 Å². The summed E-state index contributed by atoms with van der Waals surface area (Å²) in [6.07, 6.45) is 5.19. The monoisotopic (exact) mass is 1180 g/mol. The number of amides is 8. The van der Waals surface area contributed by atoms with E-state index >= 15 is 4.79 Å². The Hall–Kier alpha value is -7.62. The van der Waals surface area contributed by atoms with Crippen LogP contribution in [0.5, 0.6) is 0 Å². The number of aryl methyl sites for hydroxylation is 2. The lowest BCUT2D eigenvalue weighted by molar-refractivity contribution is -0.145. The smallest absolute Gasteiger partial charge is 0.313 e. The van der Waals surface area contributed by atoms with Crippen molar-refractivity contribution >= 4 is 70.7 Å². The van der Waals surface area contributed by atoms with Gasteiger partial charge in [-0.3, -0.25) is 43.2 Å². The zero-order valence-corrected chi connectivity index (χ0v) is 50.9. The summed E-state index contributed by atoms with van der Waals surface area (Å²) in [7, 11) is 3.26. The van der Waals surface area contributed by atoms with Gasteiger partial charge in [-0.05, 0) is 162 Å². The number of likely N-dealkylation sites (tertiary alicyclic amines) is 1. The van der Waals surface area contributed by atoms with Crippen LogP contribution < -0.4 is 42.5 Å². The van der Waals surface area contributed by atoms with Gasteiger partial charge in [0.2, 0.25) is 35.4 Å². The number of benzene rings is 4. The molecule has 2 heterocycles. The van der Waals surface area contributed by atoms with Crippen molar-refractivity contribution in [2.45, 2.75) is 166 Å². The van der Waals surface area contributed by atoms with Crippen molar-refractivity contribution < 1.29 is 48.3 Å². The molecule has 2 aliphatic heterocycles. The van der Waals surface area contributed by atoms with E-state index in [1.54, 1.807) is 53.9 Å². The zero-order chi connectivity index (χ0) is 61.5. The Morgan fingerprint density at radius 1 is 0.612 bits per heavy atom. The third-order valence-corrected chi connectivity index (χ3v) is 18.4. The Bertz CT molecular complexity index is 3180. The van der Waals surface area contributed by atoms with E-state index in [4.69, 9.17) is 0 Å². The van der Waals surface area contributed by atoms with Gasteiger partial charge in [0.05, 0.1) is 29.9 Å². The first-order chi connectivity index (χ1) is 40.4. The molecule has 2 aliphatic carbocycles. The van der Waals surface area contributed by atoms with Gasteiger partial charge in [0.25, 0.3) is 11.8 Å². The molecule has 0 aromatic heterocycles. The van der Waals surface area contributed by atoms with Gasteiger partial charge in [-0.25, -0.2) is 0 Å². The Balaban J connectivity index is 0.990. The molecule has 8 amide bonds. The molecule has 9 atom stereocenters. The molecule has 4 aliphatic rings. The number of carboxylic acid groups (broad SMARTS) is 1. The second kappa shape index (κ2) is 27.2. The quantitative estimate of drug-likeness (QED) is 0.0558. The highest BCUT2D eigenvalue weighted by molar-refractivity contribution is 8.01. The summed E-state index contributed by atoms with van der Waals surface area (Å²) in [6, 6.07) is 20.5. The number of hydrogen-bond donors (Lipinski definition) is 9. The van der Waals surface area contributed by atoms with E-state index in [1.807, 2.05) is 63.2 Å². The molecule has 1 saturated heterocycles. The topological polar surface area (TPSA) is 277 Å². The lowest BCUT2D eigenvalue weighted by Crippen LogP contribution is -2.63. The minimum absolute atomic E-state index is 0.00140. The van der Waals surface area contributed by atoms with Crippen LogP contribution in [0.15, 0.2) is 91.0 Å². The highest BCUT2D eigenvalue weighted by atomic mass is 32.2. The molecule has 1 fully saturated rings. The number of thioether (sulfide) groups is 1. The number of anilines is 1. The minimum Gasteiger partial charge on any atom is -0.481 e. The van der Waals surface area contributed by atoms with Crippen LogP contribution in [0.1, 0.15) is 147 Å². The summed E-state index contributed by atoms with van der Waals surface area (Å²) in [6.45, 7) is 12.2. The molecule has 9 N–H and O–H groups in total. The van der Waals surface area contributed by atoms with Crippen LogP contribution in [0.4, 0.5) is 5.69 Å². The molecule has 454 valence electrons. The maximum absolute atomic E-state index is 15.2. The third kappa shape index (κ3) is 15.1. The summed E-state index contributed by atoms with van der Waals surface area (Å²) in [5, 5.41) is 33.7. The number of carbonyl (C=O) groups excluding carboxylic acids is 8. The van der Waals surface area contributed by atoms with E-state index in [0.717, 1.165) is 71.7 Å². The van der Waals surface area contributed by atoms with E-state index in [9.17, 15) is 43.5 Å². The van der Waals surface area contributed by atoms with Crippen LogP contribution in [-0.4, -0.2) is 142 Å². The number of fused-ring (bicyclic) bond motifs is 3. The summed E-state index contributed by atoms with van der Waals surface area (Å²) in [5.41, 5.74) is 5.86. The van der Waals surface area contributed by atoms with Gasteiger partial charge >= 0.3 is 5.97 Å². The molecule has 85 heavy (non-hydrogen) atoms. The molecule has 0 bridgehead atoms. The number of likely N-dealkylation sites (N-methyl/N-ethyl adjacent to an activating group) is 2. The number of carbonyl (C=O) groups is 9. The average molecular weight is 1180 g/mol. The maximum Gasteiger partial charge on any atom is 0.313 e. The molecular formula is C64H82N10O10S. The van der Waals surface area contributed by atoms with Gasteiger partial charge in [0.1, 0.15) is 24.2 Å². The first-order valence-electron chi connectivity index (χ1n) is 29.4. The van der Waals surface area contributed by atoms with Crippen LogP contribution in [0.25, 0.3) is 0 Å². The molecule has 21 heteroatoms. The lowest BCUT2D eigenvalue weighted by atomic mass is 9.85. The number of carboxylic acids is 1. The second-order valence-electron chi connectivity index (χ2n) is 24.5. The van der Waals surface area contributed by atoms with Gasteiger partial charge in [-0.15, -0.1) is 11.8 Å². The molecule has 20 nitrogen and oxygen atoms in total. The highest BCUT2D eigenvalue weighted by Gasteiger charge is 2.48. The van der Waals surface area contributed by atoms with Crippen molar-refractivity contribution in [1.82, 2.24) is 47.0 Å². The Morgan fingerprint density at radius 3 is 1.67 bits per heavy atom. The van der Waals surface area contributed by atoms with Crippen molar-refractivity contribution in [3.8, 4) is 0 Å². The van der Waals surface area contributed by atoms with Crippen LogP contribution in [0.2, 0.25) is 0 Å². The summed E-state index contributed by atoms with van der Waals surface area (Å²) in [4.78, 5) is 128. The first-order valence-corrected chi connectivity index (χ1v) is 30.4. The van der Waals surface area contributed by atoms with Crippen molar-refractivity contribution in [2.75, 3.05) is 31.7 Å². The van der Waals surface area contributed by atoms with E-state index in [1.165, 1.54) is 34.1 Å². The molecule has 0 radical (unpaired) electrons. The molecule has 8 rings (SSSR count). The van der Waals surface area contributed by atoms with Crippen LogP contribution in [0, 0.1) is 5.41 Å². The van der Waals surface area contributed by atoms with Crippen molar-refractivity contribution in [1.29, 1.82) is 0 Å². The van der Waals surface area contributed by atoms with Crippen LogP contribution in [0.3, 0.4) is 0 Å². The normalized spacial score (nSPS) is 20.6. The summed E-state index contributed by atoms with van der Waals surface area (Å²) in [5.74, 6) is -5.03. The van der Waals surface area contributed by atoms with Crippen molar-refractivity contribution in [3.63, 3.8) is 0 Å². The first kappa shape index (κ1) is 63.4. The maximum atomic E-state index is 15.2. The second-order valence-corrected chi connectivity index (χ2v) is 26.1. The molecule has 9 unspecified atom stereocenters. The van der Waals surface area contributed by atoms with Gasteiger partial charge in [0.15, 0.2) is 0 Å². The number of aliphatic carboxylic acids is 1. The highest BCUT2D eigenvalue weighted by Crippen LogP contribution is 2.36. The molecule has 4 aromatic carbocycles. The van der Waals surface area contributed by atoms with Gasteiger partial charge < -0.3 is 57.4 Å². The van der Waals surface area contributed by atoms with E-state index in [2.05, 4.69) is 54.7 Å².